The van der Waals surface area contributed by atoms with Crippen LogP contribution < -0.4 is 0 Å². The second kappa shape index (κ2) is 5.43. The molecule has 2 N–H and O–H groups in total. The molecule has 2 rings (SSSR count). The molecule has 4 atom stereocenters. The number of ether oxygens (including phenoxy) is 2. The Labute approximate surface area is 109 Å². The van der Waals surface area contributed by atoms with Gasteiger partial charge < -0.3 is 19.7 Å². The zero-order valence-corrected chi connectivity index (χ0v) is 11.5. The first-order chi connectivity index (χ1) is 8.48. The standard InChI is InChI=1S/C13H25NO4/c1-4-5-6-14-7-10-12(11(14)9(16)8-15)18-13(2,3)17-10/h9-12,15-16H,4-8H2,1-3H3/t9-,10-,11-,12-/m1/s1. The van der Waals surface area contributed by atoms with E-state index in [0.717, 1.165) is 25.9 Å². The maximum atomic E-state index is 10.0. The summed E-state index contributed by atoms with van der Waals surface area (Å²) in [4.78, 5) is 2.19. The Morgan fingerprint density at radius 1 is 1.39 bits per heavy atom. The number of nitrogens with zero attached hydrogens (tertiary/aromatic N) is 1. The number of likely N-dealkylation sites (tertiary alicyclic amines) is 1. The molecular formula is C13H25NO4. The topological polar surface area (TPSA) is 62.2 Å². The molecule has 0 aromatic rings. The number of unbranched alkanes of at least 4 members (excludes halogenated alkanes) is 1. The summed E-state index contributed by atoms with van der Waals surface area (Å²) in [6.07, 6.45) is 1.29. The molecule has 106 valence electrons. The fourth-order valence-corrected chi connectivity index (χ4v) is 3.03. The zero-order valence-electron chi connectivity index (χ0n) is 11.5. The first kappa shape index (κ1) is 14.2. The highest BCUT2D eigenvalue weighted by atomic mass is 16.8. The van der Waals surface area contributed by atoms with Crippen molar-refractivity contribution in [3.05, 3.63) is 0 Å². The molecule has 0 aliphatic carbocycles. The summed E-state index contributed by atoms with van der Waals surface area (Å²) in [7, 11) is 0. The van der Waals surface area contributed by atoms with E-state index in [1.54, 1.807) is 0 Å². The van der Waals surface area contributed by atoms with Crippen LogP contribution in [0.5, 0.6) is 0 Å². The first-order valence-electron chi connectivity index (χ1n) is 6.87. The molecule has 0 unspecified atom stereocenters. The predicted octanol–water partition coefficient (Wildman–Crippen LogP) is 0.344. The average Bonchev–Trinajstić information content (AvgIpc) is 2.76. The normalized spacial score (nSPS) is 36.8. The minimum absolute atomic E-state index is 0.00283. The van der Waals surface area contributed by atoms with Gasteiger partial charge in [0.05, 0.1) is 18.8 Å². The van der Waals surface area contributed by atoms with Crippen molar-refractivity contribution in [2.75, 3.05) is 19.7 Å². The van der Waals surface area contributed by atoms with Crippen molar-refractivity contribution in [2.24, 2.45) is 0 Å². The van der Waals surface area contributed by atoms with Gasteiger partial charge >= 0.3 is 0 Å². The van der Waals surface area contributed by atoms with Crippen molar-refractivity contribution in [3.63, 3.8) is 0 Å². The van der Waals surface area contributed by atoms with Crippen LogP contribution in [0.4, 0.5) is 0 Å². The van der Waals surface area contributed by atoms with Gasteiger partial charge in [-0.05, 0) is 26.8 Å². The van der Waals surface area contributed by atoms with E-state index in [9.17, 15) is 10.2 Å². The van der Waals surface area contributed by atoms with Crippen molar-refractivity contribution in [1.29, 1.82) is 0 Å². The number of aliphatic hydroxyl groups is 2. The molecule has 0 aromatic heterocycles. The second-order valence-corrected chi connectivity index (χ2v) is 5.73. The molecular weight excluding hydrogens is 234 g/mol. The molecule has 0 bridgehead atoms. The summed E-state index contributed by atoms with van der Waals surface area (Å²) in [5, 5.41) is 19.2. The molecule has 0 spiro atoms. The summed E-state index contributed by atoms with van der Waals surface area (Å²) in [5.41, 5.74) is 0. The molecule has 0 radical (unpaired) electrons. The SMILES string of the molecule is CCCCN1C[C@H]2OC(C)(C)O[C@H]2[C@H]1[C@H](O)CO. The number of hydrogen-bond acceptors (Lipinski definition) is 5. The van der Waals surface area contributed by atoms with Gasteiger partial charge in [0.1, 0.15) is 12.2 Å². The van der Waals surface area contributed by atoms with E-state index in [2.05, 4.69) is 11.8 Å². The van der Waals surface area contributed by atoms with Crippen molar-refractivity contribution in [3.8, 4) is 0 Å². The highest BCUT2D eigenvalue weighted by Gasteiger charge is 2.54. The Bertz CT molecular complexity index is 284. The molecule has 2 aliphatic rings. The largest absolute Gasteiger partial charge is 0.394 e. The Kier molecular flexibility index (Phi) is 4.29. The predicted molar refractivity (Wildman–Crippen MR) is 67.2 cm³/mol. The smallest absolute Gasteiger partial charge is 0.163 e. The zero-order chi connectivity index (χ0) is 13.3. The van der Waals surface area contributed by atoms with E-state index < -0.39 is 11.9 Å². The lowest BCUT2D eigenvalue weighted by atomic mass is 10.0. The van der Waals surface area contributed by atoms with Crippen LogP contribution in [0, 0.1) is 0 Å². The minimum Gasteiger partial charge on any atom is -0.394 e. The quantitative estimate of drug-likeness (QED) is 0.746. The summed E-state index contributed by atoms with van der Waals surface area (Å²) < 4.78 is 11.7. The van der Waals surface area contributed by atoms with Crippen molar-refractivity contribution < 1.29 is 19.7 Å². The van der Waals surface area contributed by atoms with Crippen LogP contribution >= 0.6 is 0 Å². The third-order valence-electron chi connectivity index (χ3n) is 3.77. The van der Waals surface area contributed by atoms with E-state index in [0.29, 0.717) is 0 Å². The highest BCUT2D eigenvalue weighted by molar-refractivity contribution is 5.02. The van der Waals surface area contributed by atoms with Crippen molar-refractivity contribution in [1.82, 2.24) is 4.90 Å². The van der Waals surface area contributed by atoms with E-state index >= 15 is 0 Å². The van der Waals surface area contributed by atoms with Crippen LogP contribution in [0.3, 0.4) is 0 Å². The van der Waals surface area contributed by atoms with Crippen molar-refractivity contribution >= 4 is 0 Å². The van der Waals surface area contributed by atoms with E-state index in [4.69, 9.17) is 9.47 Å². The Morgan fingerprint density at radius 3 is 2.72 bits per heavy atom. The molecule has 5 nitrogen and oxygen atoms in total. The van der Waals surface area contributed by atoms with Crippen LogP contribution in [-0.4, -0.2) is 65.0 Å². The molecule has 2 heterocycles. The molecule has 2 saturated heterocycles. The lowest BCUT2D eigenvalue weighted by Gasteiger charge is -2.32. The van der Waals surface area contributed by atoms with Gasteiger partial charge in [0.15, 0.2) is 5.79 Å². The monoisotopic (exact) mass is 259 g/mol. The van der Waals surface area contributed by atoms with E-state index in [-0.39, 0.29) is 24.9 Å². The number of aliphatic hydroxyl groups excluding tert-OH is 2. The summed E-state index contributed by atoms with van der Waals surface area (Å²) in [5.74, 6) is -0.584. The highest BCUT2D eigenvalue weighted by Crippen LogP contribution is 2.37. The third kappa shape index (κ3) is 2.70. The maximum Gasteiger partial charge on any atom is 0.163 e. The first-order valence-corrected chi connectivity index (χ1v) is 6.87. The molecule has 2 aliphatic heterocycles. The van der Waals surface area contributed by atoms with E-state index in [1.807, 2.05) is 13.8 Å². The fourth-order valence-electron chi connectivity index (χ4n) is 3.03. The number of hydrogen-bond donors (Lipinski definition) is 2. The number of fused-ring (bicyclic) bond motifs is 1. The van der Waals surface area contributed by atoms with Gasteiger partial charge in [-0.2, -0.15) is 0 Å². The van der Waals surface area contributed by atoms with Gasteiger partial charge in [0.25, 0.3) is 0 Å². The molecule has 0 amide bonds. The summed E-state index contributed by atoms with van der Waals surface area (Å²) in [6.45, 7) is 7.38. The van der Waals surface area contributed by atoms with Crippen molar-refractivity contribution in [2.45, 2.75) is 63.8 Å². The second-order valence-electron chi connectivity index (χ2n) is 5.73. The fraction of sp³-hybridized carbons (Fsp3) is 1.00. The maximum absolute atomic E-state index is 10.0. The lowest BCUT2D eigenvalue weighted by Crippen LogP contribution is -2.48. The van der Waals surface area contributed by atoms with Gasteiger partial charge in [0.2, 0.25) is 0 Å². The van der Waals surface area contributed by atoms with Gasteiger partial charge in [0, 0.05) is 6.54 Å². The van der Waals surface area contributed by atoms with Crippen LogP contribution in [0.25, 0.3) is 0 Å². The van der Waals surface area contributed by atoms with Gasteiger partial charge in [-0.15, -0.1) is 0 Å². The van der Waals surface area contributed by atoms with Gasteiger partial charge in [-0.25, -0.2) is 0 Å². The lowest BCUT2D eigenvalue weighted by molar-refractivity contribution is -0.168. The third-order valence-corrected chi connectivity index (χ3v) is 3.77. The number of rotatable bonds is 5. The Balaban J connectivity index is 2.07. The molecule has 5 heteroatoms. The summed E-state index contributed by atoms with van der Waals surface area (Å²) in [6, 6.07) is -0.159. The van der Waals surface area contributed by atoms with Gasteiger partial charge in [-0.3, -0.25) is 4.90 Å². The van der Waals surface area contributed by atoms with Crippen LogP contribution in [0.2, 0.25) is 0 Å². The molecule has 18 heavy (non-hydrogen) atoms. The van der Waals surface area contributed by atoms with Crippen LogP contribution in [0.15, 0.2) is 0 Å². The Hall–Kier alpha value is -0.200. The summed E-state index contributed by atoms with van der Waals surface area (Å²) >= 11 is 0. The Morgan fingerprint density at radius 2 is 2.11 bits per heavy atom. The molecule has 2 fully saturated rings. The molecule has 0 aromatic carbocycles. The van der Waals surface area contributed by atoms with Crippen LogP contribution in [-0.2, 0) is 9.47 Å². The average molecular weight is 259 g/mol. The minimum atomic E-state index is -0.769. The van der Waals surface area contributed by atoms with E-state index in [1.165, 1.54) is 0 Å². The van der Waals surface area contributed by atoms with Gasteiger partial charge in [-0.1, -0.05) is 13.3 Å². The molecule has 0 saturated carbocycles. The van der Waals surface area contributed by atoms with Crippen LogP contribution in [0.1, 0.15) is 33.6 Å².